The highest BCUT2D eigenvalue weighted by Gasteiger charge is 2.14. The molecule has 0 aromatic heterocycles. The Morgan fingerprint density at radius 3 is 3.00 bits per heavy atom. The normalized spacial score (nSPS) is 26.1. The molecule has 2 heteroatoms. The second kappa shape index (κ2) is 3.62. The van der Waals surface area contributed by atoms with Gasteiger partial charge < -0.3 is 9.47 Å². The summed E-state index contributed by atoms with van der Waals surface area (Å²) in [4.78, 5) is 0. The fourth-order valence-corrected chi connectivity index (χ4v) is 0.842. The Bertz CT molecular complexity index is 118. The summed E-state index contributed by atoms with van der Waals surface area (Å²) in [5.41, 5.74) is 0. The lowest BCUT2D eigenvalue weighted by Gasteiger charge is -2.18. The first kappa shape index (κ1) is 7.61. The van der Waals surface area contributed by atoms with Gasteiger partial charge in [0.25, 0.3) is 0 Å². The largest absolute Gasteiger partial charge is 0.473 e. The van der Waals surface area contributed by atoms with E-state index < -0.39 is 0 Å². The molecule has 10 heavy (non-hydrogen) atoms. The van der Waals surface area contributed by atoms with E-state index in [1.807, 2.05) is 6.08 Å². The summed E-state index contributed by atoms with van der Waals surface area (Å²) >= 11 is 0. The second-order valence-electron chi connectivity index (χ2n) is 2.78. The summed E-state index contributed by atoms with van der Waals surface area (Å²) < 4.78 is 10.6. The zero-order chi connectivity index (χ0) is 7.40. The molecule has 1 aliphatic heterocycles. The van der Waals surface area contributed by atoms with E-state index in [4.69, 9.17) is 9.47 Å². The fourth-order valence-electron chi connectivity index (χ4n) is 0.842. The van der Waals surface area contributed by atoms with Gasteiger partial charge in [-0.2, -0.15) is 0 Å². The van der Waals surface area contributed by atoms with Crippen molar-refractivity contribution >= 4 is 0 Å². The first-order valence-corrected chi connectivity index (χ1v) is 3.73. The van der Waals surface area contributed by atoms with E-state index >= 15 is 0 Å². The molecule has 0 unspecified atom stereocenters. The molecule has 1 atom stereocenters. The average Bonchev–Trinajstić information content (AvgIpc) is 2.12. The Kier molecular flexibility index (Phi) is 2.75. The van der Waals surface area contributed by atoms with Crippen LogP contribution in [0.15, 0.2) is 12.3 Å². The minimum Gasteiger partial charge on any atom is -0.473 e. The standard InChI is InChI=1S/C8H14O2/c1-7(2)8-9-5-3-4-6-10-8/h3,5,7-8H,4,6H2,1-2H3/t8-/m0/s1. The van der Waals surface area contributed by atoms with Crippen LogP contribution in [0, 0.1) is 5.92 Å². The van der Waals surface area contributed by atoms with Gasteiger partial charge in [0.2, 0.25) is 6.29 Å². The van der Waals surface area contributed by atoms with Gasteiger partial charge in [-0.05, 0) is 12.5 Å². The molecule has 1 heterocycles. The van der Waals surface area contributed by atoms with Crippen LogP contribution in [0.5, 0.6) is 0 Å². The molecule has 1 aliphatic rings. The molecule has 0 aliphatic carbocycles. The van der Waals surface area contributed by atoms with Crippen molar-refractivity contribution in [3.05, 3.63) is 12.3 Å². The van der Waals surface area contributed by atoms with Crippen LogP contribution in [0.3, 0.4) is 0 Å². The summed E-state index contributed by atoms with van der Waals surface area (Å²) in [6.07, 6.45) is 4.64. The highest BCUT2D eigenvalue weighted by atomic mass is 16.7. The molecule has 0 amide bonds. The maximum atomic E-state index is 5.38. The molecule has 1 rings (SSSR count). The number of ether oxygens (including phenoxy) is 2. The highest BCUT2D eigenvalue weighted by Crippen LogP contribution is 2.11. The van der Waals surface area contributed by atoms with E-state index in [0.717, 1.165) is 13.0 Å². The van der Waals surface area contributed by atoms with Gasteiger partial charge in [0.05, 0.1) is 12.9 Å². The third kappa shape index (κ3) is 2.03. The van der Waals surface area contributed by atoms with Gasteiger partial charge in [0.15, 0.2) is 0 Å². The predicted molar refractivity (Wildman–Crippen MR) is 39.4 cm³/mol. The maximum absolute atomic E-state index is 5.38. The van der Waals surface area contributed by atoms with Crippen molar-refractivity contribution in [2.24, 2.45) is 5.92 Å². The molecule has 0 N–H and O–H groups in total. The molecule has 0 aromatic carbocycles. The molecule has 0 saturated heterocycles. The van der Waals surface area contributed by atoms with Crippen molar-refractivity contribution in [2.45, 2.75) is 26.6 Å². The maximum Gasteiger partial charge on any atom is 0.201 e. The molecule has 0 spiro atoms. The first-order chi connectivity index (χ1) is 4.80. The summed E-state index contributed by atoms with van der Waals surface area (Å²) in [6, 6.07) is 0. The van der Waals surface area contributed by atoms with E-state index in [2.05, 4.69) is 13.8 Å². The van der Waals surface area contributed by atoms with Crippen LogP contribution in [0.25, 0.3) is 0 Å². The smallest absolute Gasteiger partial charge is 0.201 e. The highest BCUT2D eigenvalue weighted by molar-refractivity contribution is 4.76. The van der Waals surface area contributed by atoms with E-state index in [0.29, 0.717) is 5.92 Å². The molecule has 0 bridgehead atoms. The van der Waals surface area contributed by atoms with Gasteiger partial charge in [-0.1, -0.05) is 13.8 Å². The molecule has 0 aromatic rings. The summed E-state index contributed by atoms with van der Waals surface area (Å²) in [5, 5.41) is 0. The van der Waals surface area contributed by atoms with Gasteiger partial charge in [-0.25, -0.2) is 0 Å². The van der Waals surface area contributed by atoms with Gasteiger partial charge in [-0.15, -0.1) is 0 Å². The van der Waals surface area contributed by atoms with E-state index in [-0.39, 0.29) is 6.29 Å². The quantitative estimate of drug-likeness (QED) is 0.557. The van der Waals surface area contributed by atoms with E-state index in [1.54, 1.807) is 6.26 Å². The second-order valence-corrected chi connectivity index (χ2v) is 2.78. The molecular weight excluding hydrogens is 128 g/mol. The van der Waals surface area contributed by atoms with Crippen molar-refractivity contribution in [3.63, 3.8) is 0 Å². The molecule has 0 fully saturated rings. The third-order valence-corrected chi connectivity index (χ3v) is 1.42. The van der Waals surface area contributed by atoms with Gasteiger partial charge in [0, 0.05) is 5.92 Å². The van der Waals surface area contributed by atoms with Crippen LogP contribution in [0.4, 0.5) is 0 Å². The fraction of sp³-hybridized carbons (Fsp3) is 0.750. The van der Waals surface area contributed by atoms with E-state index in [1.165, 1.54) is 0 Å². The van der Waals surface area contributed by atoms with Crippen LogP contribution >= 0.6 is 0 Å². The van der Waals surface area contributed by atoms with Crippen LogP contribution in [0.2, 0.25) is 0 Å². The lowest BCUT2D eigenvalue weighted by Crippen LogP contribution is -2.20. The molecule has 58 valence electrons. The van der Waals surface area contributed by atoms with Crippen molar-refractivity contribution < 1.29 is 9.47 Å². The van der Waals surface area contributed by atoms with Crippen LogP contribution in [-0.2, 0) is 9.47 Å². The van der Waals surface area contributed by atoms with Crippen molar-refractivity contribution in [3.8, 4) is 0 Å². The Labute approximate surface area is 61.8 Å². The van der Waals surface area contributed by atoms with Gasteiger partial charge in [0.1, 0.15) is 0 Å². The van der Waals surface area contributed by atoms with E-state index in [9.17, 15) is 0 Å². The zero-order valence-electron chi connectivity index (χ0n) is 6.54. The third-order valence-electron chi connectivity index (χ3n) is 1.42. The lowest BCUT2D eigenvalue weighted by atomic mass is 10.2. The minimum atomic E-state index is -0.0428. The predicted octanol–water partition coefficient (Wildman–Crippen LogP) is 1.92. The Balaban J connectivity index is 2.37. The molecule has 2 nitrogen and oxygen atoms in total. The Hall–Kier alpha value is -0.500. The number of hydrogen-bond acceptors (Lipinski definition) is 2. The first-order valence-electron chi connectivity index (χ1n) is 3.73. The average molecular weight is 142 g/mol. The minimum absolute atomic E-state index is 0.0428. The molecule has 0 saturated carbocycles. The topological polar surface area (TPSA) is 18.5 Å². The van der Waals surface area contributed by atoms with Crippen LogP contribution in [0.1, 0.15) is 20.3 Å². The van der Waals surface area contributed by atoms with Crippen molar-refractivity contribution in [2.75, 3.05) is 6.61 Å². The van der Waals surface area contributed by atoms with Crippen LogP contribution in [-0.4, -0.2) is 12.9 Å². The molecular formula is C8H14O2. The monoisotopic (exact) mass is 142 g/mol. The van der Waals surface area contributed by atoms with Gasteiger partial charge >= 0.3 is 0 Å². The van der Waals surface area contributed by atoms with Crippen molar-refractivity contribution in [1.82, 2.24) is 0 Å². The zero-order valence-corrected chi connectivity index (χ0v) is 6.54. The van der Waals surface area contributed by atoms with Crippen LogP contribution < -0.4 is 0 Å². The Morgan fingerprint density at radius 1 is 1.50 bits per heavy atom. The van der Waals surface area contributed by atoms with Crippen molar-refractivity contribution in [1.29, 1.82) is 0 Å². The SMILES string of the molecule is CC(C)[C@H]1OC=CCCO1. The lowest BCUT2D eigenvalue weighted by molar-refractivity contribution is -0.125. The summed E-state index contributed by atoms with van der Waals surface area (Å²) in [6.45, 7) is 4.95. The number of rotatable bonds is 1. The summed E-state index contributed by atoms with van der Waals surface area (Å²) in [5.74, 6) is 0.433. The summed E-state index contributed by atoms with van der Waals surface area (Å²) in [7, 11) is 0. The molecule has 0 radical (unpaired) electrons. The Morgan fingerprint density at radius 2 is 2.30 bits per heavy atom. The number of hydrogen-bond donors (Lipinski definition) is 0. The van der Waals surface area contributed by atoms with Gasteiger partial charge in [-0.3, -0.25) is 0 Å².